The summed E-state index contributed by atoms with van der Waals surface area (Å²) in [6.07, 6.45) is 3.09. The highest BCUT2D eigenvalue weighted by Crippen LogP contribution is 2.27. The molecule has 0 bridgehead atoms. The molecule has 1 aliphatic rings. The van der Waals surface area contributed by atoms with Gasteiger partial charge in [-0.1, -0.05) is 13.3 Å². The van der Waals surface area contributed by atoms with Gasteiger partial charge in [-0.25, -0.2) is 8.42 Å². The first kappa shape index (κ1) is 20.7. The smallest absolute Gasteiger partial charge is 0.243 e. The number of aryl methyl sites for hydroxylation is 1. The minimum absolute atomic E-state index is 0.0447. The van der Waals surface area contributed by atoms with Crippen LogP contribution in [0.2, 0.25) is 0 Å². The number of piperidine rings is 1. The number of nitrogens with zero attached hydrogens (tertiary/aromatic N) is 1. The summed E-state index contributed by atoms with van der Waals surface area (Å²) in [6, 6.07) is 5.06. The Morgan fingerprint density at radius 2 is 2.00 bits per heavy atom. The van der Waals surface area contributed by atoms with Crippen molar-refractivity contribution in [3.8, 4) is 5.75 Å². The van der Waals surface area contributed by atoms with Crippen molar-refractivity contribution in [1.82, 2.24) is 9.62 Å². The highest BCUT2D eigenvalue weighted by atomic mass is 32.2. The summed E-state index contributed by atoms with van der Waals surface area (Å²) in [5.74, 6) is 0.599. The molecule has 1 fully saturated rings. The number of ether oxygens (including phenoxy) is 1. The zero-order chi connectivity index (χ0) is 19.3. The van der Waals surface area contributed by atoms with Crippen molar-refractivity contribution >= 4 is 15.9 Å². The molecule has 1 saturated heterocycles. The maximum atomic E-state index is 12.9. The molecule has 0 unspecified atom stereocenters. The van der Waals surface area contributed by atoms with Gasteiger partial charge in [-0.05, 0) is 56.9 Å². The van der Waals surface area contributed by atoms with Crippen LogP contribution in [0, 0.1) is 12.8 Å². The standard InChI is InChI=1S/C19H30N2O4S/c1-5-6-15(3)20-19(22)16-9-11-21(12-10-16)26(23,24)17-7-8-18(25-4)14(2)13-17/h7-8,13,15-16H,5-6,9-12H2,1-4H3,(H,20,22)/t15-/m0/s1. The monoisotopic (exact) mass is 382 g/mol. The maximum Gasteiger partial charge on any atom is 0.243 e. The average molecular weight is 383 g/mol. The number of methoxy groups -OCH3 is 1. The lowest BCUT2D eigenvalue weighted by Gasteiger charge is -2.31. The van der Waals surface area contributed by atoms with Crippen LogP contribution in [-0.4, -0.2) is 44.9 Å². The van der Waals surface area contributed by atoms with Crippen LogP contribution in [0.4, 0.5) is 0 Å². The zero-order valence-corrected chi connectivity index (χ0v) is 16.9. The Balaban J connectivity index is 2.00. The van der Waals surface area contributed by atoms with Gasteiger partial charge in [0.05, 0.1) is 12.0 Å². The van der Waals surface area contributed by atoms with Crippen molar-refractivity contribution in [3.63, 3.8) is 0 Å². The van der Waals surface area contributed by atoms with Gasteiger partial charge < -0.3 is 10.1 Å². The van der Waals surface area contributed by atoms with E-state index < -0.39 is 10.0 Å². The minimum Gasteiger partial charge on any atom is -0.496 e. The predicted octanol–water partition coefficient (Wildman–Crippen LogP) is 2.71. The molecule has 0 saturated carbocycles. The number of hydrogen-bond acceptors (Lipinski definition) is 4. The summed E-state index contributed by atoms with van der Waals surface area (Å²) < 4.78 is 32.4. The number of amides is 1. The lowest BCUT2D eigenvalue weighted by atomic mass is 9.96. The lowest BCUT2D eigenvalue weighted by molar-refractivity contribution is -0.126. The van der Waals surface area contributed by atoms with Crippen LogP contribution in [-0.2, 0) is 14.8 Å². The second kappa shape index (κ2) is 8.86. The molecule has 1 atom stereocenters. The summed E-state index contributed by atoms with van der Waals surface area (Å²) in [4.78, 5) is 12.6. The van der Waals surface area contributed by atoms with Crippen LogP contribution < -0.4 is 10.1 Å². The van der Waals surface area contributed by atoms with Gasteiger partial charge in [0.25, 0.3) is 0 Å². The number of carbonyl (C=O) groups excluding carboxylic acids is 1. The summed E-state index contributed by atoms with van der Waals surface area (Å²) in [7, 11) is -1.98. The fraction of sp³-hybridized carbons (Fsp3) is 0.632. The second-order valence-electron chi connectivity index (χ2n) is 7.01. The SMILES string of the molecule is CCC[C@H](C)NC(=O)C1CCN(S(=O)(=O)c2ccc(OC)c(C)c2)CC1. The van der Waals surface area contributed by atoms with E-state index >= 15 is 0 Å². The van der Waals surface area contributed by atoms with Crippen LogP contribution in [0.5, 0.6) is 5.75 Å². The minimum atomic E-state index is -3.54. The summed E-state index contributed by atoms with van der Waals surface area (Å²) in [5.41, 5.74) is 0.785. The van der Waals surface area contributed by atoms with E-state index in [2.05, 4.69) is 12.2 Å². The van der Waals surface area contributed by atoms with Gasteiger partial charge in [0, 0.05) is 25.0 Å². The van der Waals surface area contributed by atoms with E-state index in [4.69, 9.17) is 4.74 Å². The first-order valence-electron chi connectivity index (χ1n) is 9.24. The van der Waals surface area contributed by atoms with Crippen molar-refractivity contribution < 1.29 is 17.9 Å². The normalized spacial score (nSPS) is 17.7. The third-order valence-corrected chi connectivity index (χ3v) is 6.83. The van der Waals surface area contributed by atoms with Crippen LogP contribution in [0.15, 0.2) is 23.1 Å². The Hall–Kier alpha value is -1.60. The zero-order valence-electron chi connectivity index (χ0n) is 16.1. The van der Waals surface area contributed by atoms with Crippen LogP contribution in [0.3, 0.4) is 0 Å². The number of carbonyl (C=O) groups is 1. The first-order chi connectivity index (χ1) is 12.3. The Morgan fingerprint density at radius 3 is 2.54 bits per heavy atom. The molecule has 0 aliphatic carbocycles. The summed E-state index contributed by atoms with van der Waals surface area (Å²) in [6.45, 7) is 6.66. The van der Waals surface area contributed by atoms with Gasteiger partial charge in [-0.2, -0.15) is 4.31 Å². The van der Waals surface area contributed by atoms with Crippen molar-refractivity contribution in [2.45, 2.75) is 57.4 Å². The molecule has 1 heterocycles. The van der Waals surface area contributed by atoms with Crippen molar-refractivity contribution in [1.29, 1.82) is 0 Å². The van der Waals surface area contributed by atoms with Gasteiger partial charge in [-0.3, -0.25) is 4.79 Å². The Morgan fingerprint density at radius 1 is 1.35 bits per heavy atom. The lowest BCUT2D eigenvalue weighted by Crippen LogP contribution is -2.44. The highest BCUT2D eigenvalue weighted by molar-refractivity contribution is 7.89. The molecular weight excluding hydrogens is 352 g/mol. The molecule has 1 aromatic rings. The fourth-order valence-corrected chi connectivity index (χ4v) is 4.94. The van der Waals surface area contributed by atoms with Crippen molar-refractivity contribution in [2.75, 3.05) is 20.2 Å². The van der Waals surface area contributed by atoms with Gasteiger partial charge in [0.15, 0.2) is 0 Å². The molecule has 0 aromatic heterocycles. The quantitative estimate of drug-likeness (QED) is 0.787. The molecule has 1 N–H and O–H groups in total. The summed E-state index contributed by atoms with van der Waals surface area (Å²) in [5, 5.41) is 3.04. The molecule has 0 spiro atoms. The van der Waals surface area contributed by atoms with E-state index in [1.807, 2.05) is 13.8 Å². The molecule has 26 heavy (non-hydrogen) atoms. The van der Waals surface area contributed by atoms with E-state index in [9.17, 15) is 13.2 Å². The third kappa shape index (κ3) is 4.76. The maximum absolute atomic E-state index is 12.9. The molecule has 1 aliphatic heterocycles. The van der Waals surface area contributed by atoms with Crippen molar-refractivity contribution in [3.05, 3.63) is 23.8 Å². The Labute approximate surface area is 157 Å². The highest BCUT2D eigenvalue weighted by Gasteiger charge is 2.32. The number of benzene rings is 1. The molecule has 2 rings (SSSR count). The topological polar surface area (TPSA) is 75.7 Å². The first-order valence-corrected chi connectivity index (χ1v) is 10.7. The molecular formula is C19H30N2O4S. The molecule has 7 heteroatoms. The second-order valence-corrected chi connectivity index (χ2v) is 8.95. The van der Waals surface area contributed by atoms with E-state index in [1.54, 1.807) is 25.3 Å². The third-order valence-electron chi connectivity index (χ3n) is 4.94. The van der Waals surface area contributed by atoms with E-state index in [1.165, 1.54) is 4.31 Å². The Kier molecular flexibility index (Phi) is 7.06. The van der Waals surface area contributed by atoms with Gasteiger partial charge >= 0.3 is 0 Å². The molecule has 146 valence electrons. The predicted molar refractivity (Wildman–Crippen MR) is 102 cm³/mol. The number of sulfonamides is 1. The van der Waals surface area contributed by atoms with Gasteiger partial charge in [0.2, 0.25) is 15.9 Å². The summed E-state index contributed by atoms with van der Waals surface area (Å²) >= 11 is 0. The molecule has 6 nitrogen and oxygen atoms in total. The van der Waals surface area contributed by atoms with Gasteiger partial charge in [-0.15, -0.1) is 0 Å². The number of nitrogens with one attached hydrogen (secondary N) is 1. The Bertz CT molecular complexity index is 725. The van der Waals surface area contributed by atoms with E-state index in [-0.39, 0.29) is 22.8 Å². The molecule has 0 radical (unpaired) electrons. The van der Waals surface area contributed by atoms with Crippen LogP contribution >= 0.6 is 0 Å². The molecule has 1 amide bonds. The van der Waals surface area contributed by atoms with Crippen LogP contribution in [0.1, 0.15) is 45.1 Å². The largest absolute Gasteiger partial charge is 0.496 e. The van der Waals surface area contributed by atoms with Crippen LogP contribution in [0.25, 0.3) is 0 Å². The fourth-order valence-electron chi connectivity index (χ4n) is 3.38. The van der Waals surface area contributed by atoms with Crippen molar-refractivity contribution in [2.24, 2.45) is 5.92 Å². The molecule has 1 aromatic carbocycles. The number of hydrogen-bond donors (Lipinski definition) is 1. The van der Waals surface area contributed by atoms with E-state index in [0.717, 1.165) is 18.4 Å². The number of rotatable bonds is 7. The van der Waals surface area contributed by atoms with Gasteiger partial charge in [0.1, 0.15) is 5.75 Å². The van der Waals surface area contributed by atoms with E-state index in [0.29, 0.717) is 31.7 Å². The average Bonchev–Trinajstić information content (AvgIpc) is 2.61.